The van der Waals surface area contributed by atoms with Crippen molar-refractivity contribution in [3.8, 4) is 0 Å². The summed E-state index contributed by atoms with van der Waals surface area (Å²) in [4.78, 5) is 12.6. The van der Waals surface area contributed by atoms with Crippen LogP contribution in [0.5, 0.6) is 0 Å². The predicted molar refractivity (Wildman–Crippen MR) is 78.3 cm³/mol. The Morgan fingerprint density at radius 2 is 2.09 bits per heavy atom. The van der Waals surface area contributed by atoms with Gasteiger partial charge in [-0.15, -0.1) is 0 Å². The largest absolute Gasteiger partial charge is 0.465 e. The molecular formula is C16H21NO5. The fraction of sp³-hybridized carbons (Fsp3) is 0.562. The number of ether oxygens (including phenoxy) is 2. The molecule has 22 heavy (non-hydrogen) atoms. The molecule has 0 bridgehead atoms. The van der Waals surface area contributed by atoms with Crippen LogP contribution in [0.15, 0.2) is 30.3 Å². The highest BCUT2D eigenvalue weighted by molar-refractivity contribution is 5.66. The SMILES string of the molecule is CC1COC2(CC(O)N(C(=O)O)C(Cc3ccccc3)C2)O1. The predicted octanol–water partition coefficient (Wildman–Crippen LogP) is 1.82. The summed E-state index contributed by atoms with van der Waals surface area (Å²) in [5.41, 5.74) is 1.02. The Morgan fingerprint density at radius 1 is 1.36 bits per heavy atom. The lowest BCUT2D eigenvalue weighted by atomic mass is 9.90. The standard InChI is InChI=1S/C16H21NO5/c1-11-10-21-16(22-11)8-13(7-12-5-3-2-4-6-12)17(15(19)20)14(18)9-16/h2-6,11,13-14,18H,7-10H2,1H3,(H,19,20). The molecule has 0 aromatic heterocycles. The first-order valence-electron chi connectivity index (χ1n) is 7.54. The molecule has 120 valence electrons. The maximum absolute atomic E-state index is 11.5. The number of piperidine rings is 1. The summed E-state index contributed by atoms with van der Waals surface area (Å²) in [6.07, 6.45) is -1.18. The van der Waals surface area contributed by atoms with Crippen molar-refractivity contribution in [1.29, 1.82) is 0 Å². The van der Waals surface area contributed by atoms with Crippen LogP contribution in [0.4, 0.5) is 4.79 Å². The lowest BCUT2D eigenvalue weighted by Gasteiger charge is -2.45. The van der Waals surface area contributed by atoms with Gasteiger partial charge in [0.15, 0.2) is 5.79 Å². The van der Waals surface area contributed by atoms with Gasteiger partial charge in [-0.25, -0.2) is 4.79 Å². The highest BCUT2D eigenvalue weighted by atomic mass is 16.7. The van der Waals surface area contributed by atoms with Crippen LogP contribution in [0, 0.1) is 0 Å². The summed E-state index contributed by atoms with van der Waals surface area (Å²) in [5.74, 6) is -0.871. The number of aliphatic hydroxyl groups is 1. The van der Waals surface area contributed by atoms with E-state index in [1.165, 1.54) is 0 Å². The normalized spacial score (nSPS) is 35.0. The molecule has 6 heteroatoms. The molecule has 2 heterocycles. The Morgan fingerprint density at radius 3 is 2.68 bits per heavy atom. The van der Waals surface area contributed by atoms with Gasteiger partial charge in [0, 0.05) is 18.9 Å². The number of rotatable bonds is 2. The van der Waals surface area contributed by atoms with Gasteiger partial charge in [-0.05, 0) is 18.9 Å². The summed E-state index contributed by atoms with van der Waals surface area (Å²) in [7, 11) is 0. The molecule has 1 aromatic rings. The van der Waals surface area contributed by atoms with E-state index >= 15 is 0 Å². The van der Waals surface area contributed by atoms with Crippen molar-refractivity contribution in [3.05, 3.63) is 35.9 Å². The molecule has 2 aliphatic rings. The van der Waals surface area contributed by atoms with Crippen LogP contribution in [0.3, 0.4) is 0 Å². The lowest BCUT2D eigenvalue weighted by molar-refractivity contribution is -0.235. The van der Waals surface area contributed by atoms with Gasteiger partial charge < -0.3 is 19.7 Å². The molecule has 2 N–H and O–H groups in total. The molecular weight excluding hydrogens is 286 g/mol. The first-order chi connectivity index (χ1) is 10.5. The third-order valence-corrected chi connectivity index (χ3v) is 4.29. The van der Waals surface area contributed by atoms with Crippen molar-refractivity contribution < 1.29 is 24.5 Å². The van der Waals surface area contributed by atoms with Crippen molar-refractivity contribution in [1.82, 2.24) is 4.90 Å². The Balaban J connectivity index is 1.83. The Hall–Kier alpha value is -1.63. The van der Waals surface area contributed by atoms with E-state index in [9.17, 15) is 15.0 Å². The number of benzene rings is 1. The second-order valence-corrected chi connectivity index (χ2v) is 6.07. The van der Waals surface area contributed by atoms with Crippen LogP contribution in [0.2, 0.25) is 0 Å². The van der Waals surface area contributed by atoms with E-state index < -0.39 is 18.1 Å². The molecule has 2 saturated heterocycles. The molecule has 0 radical (unpaired) electrons. The van der Waals surface area contributed by atoms with E-state index in [0.29, 0.717) is 19.4 Å². The lowest BCUT2D eigenvalue weighted by Crippen LogP contribution is -2.58. The quantitative estimate of drug-likeness (QED) is 0.871. The summed E-state index contributed by atoms with van der Waals surface area (Å²) < 4.78 is 11.6. The number of carboxylic acid groups (broad SMARTS) is 1. The third kappa shape index (κ3) is 2.95. The maximum Gasteiger partial charge on any atom is 0.409 e. The van der Waals surface area contributed by atoms with Gasteiger partial charge in [0.2, 0.25) is 0 Å². The monoisotopic (exact) mass is 307 g/mol. The molecule has 6 nitrogen and oxygen atoms in total. The summed E-state index contributed by atoms with van der Waals surface area (Å²) >= 11 is 0. The summed E-state index contributed by atoms with van der Waals surface area (Å²) in [5, 5.41) is 19.7. The second-order valence-electron chi connectivity index (χ2n) is 6.07. The van der Waals surface area contributed by atoms with Gasteiger partial charge in [-0.1, -0.05) is 30.3 Å². The molecule has 1 amide bonds. The Bertz CT molecular complexity index is 537. The van der Waals surface area contributed by atoms with Crippen molar-refractivity contribution in [2.45, 2.75) is 50.3 Å². The minimum Gasteiger partial charge on any atom is -0.465 e. The van der Waals surface area contributed by atoms with Crippen LogP contribution in [-0.4, -0.2) is 52.0 Å². The van der Waals surface area contributed by atoms with E-state index in [-0.39, 0.29) is 18.6 Å². The fourth-order valence-electron chi connectivity index (χ4n) is 3.42. The van der Waals surface area contributed by atoms with Gasteiger partial charge in [-0.3, -0.25) is 4.90 Å². The molecule has 1 spiro atoms. The third-order valence-electron chi connectivity index (χ3n) is 4.29. The number of aliphatic hydroxyl groups excluding tert-OH is 1. The minimum absolute atomic E-state index is 0.0408. The van der Waals surface area contributed by atoms with Crippen LogP contribution in [0.1, 0.15) is 25.3 Å². The van der Waals surface area contributed by atoms with Crippen LogP contribution < -0.4 is 0 Å². The minimum atomic E-state index is -1.12. The number of carbonyl (C=O) groups is 1. The molecule has 0 aliphatic carbocycles. The van der Waals surface area contributed by atoms with Crippen molar-refractivity contribution in [3.63, 3.8) is 0 Å². The average molecular weight is 307 g/mol. The Kier molecular flexibility index (Phi) is 4.08. The first-order valence-corrected chi connectivity index (χ1v) is 7.54. The smallest absolute Gasteiger partial charge is 0.409 e. The number of hydrogen-bond acceptors (Lipinski definition) is 4. The fourth-order valence-corrected chi connectivity index (χ4v) is 3.42. The number of hydrogen-bond donors (Lipinski definition) is 2. The zero-order chi connectivity index (χ0) is 15.7. The van der Waals surface area contributed by atoms with Gasteiger partial charge >= 0.3 is 6.09 Å². The second kappa shape index (κ2) is 5.87. The first kappa shape index (κ1) is 15.3. The number of likely N-dealkylation sites (tertiary alicyclic amines) is 1. The Labute approximate surface area is 129 Å². The molecule has 2 fully saturated rings. The maximum atomic E-state index is 11.5. The van der Waals surface area contributed by atoms with Crippen LogP contribution in [0.25, 0.3) is 0 Å². The van der Waals surface area contributed by atoms with Crippen molar-refractivity contribution >= 4 is 6.09 Å². The van der Waals surface area contributed by atoms with Crippen molar-refractivity contribution in [2.24, 2.45) is 0 Å². The van der Waals surface area contributed by atoms with Crippen molar-refractivity contribution in [2.75, 3.05) is 6.61 Å². The summed E-state index contributed by atoms with van der Waals surface area (Å²) in [6.45, 7) is 2.38. The zero-order valence-corrected chi connectivity index (χ0v) is 12.5. The molecule has 1 aromatic carbocycles. The molecule has 2 aliphatic heterocycles. The number of amides is 1. The highest BCUT2D eigenvalue weighted by Crippen LogP contribution is 2.39. The van der Waals surface area contributed by atoms with Gasteiger partial charge in [0.25, 0.3) is 0 Å². The molecule has 3 rings (SSSR count). The van der Waals surface area contributed by atoms with E-state index in [1.807, 2.05) is 37.3 Å². The molecule has 4 unspecified atom stereocenters. The number of nitrogens with zero attached hydrogens (tertiary/aromatic N) is 1. The van der Waals surface area contributed by atoms with E-state index in [2.05, 4.69) is 0 Å². The summed E-state index contributed by atoms with van der Waals surface area (Å²) in [6, 6.07) is 9.27. The van der Waals surface area contributed by atoms with Gasteiger partial charge in [-0.2, -0.15) is 0 Å². The van der Waals surface area contributed by atoms with E-state index in [1.54, 1.807) is 0 Å². The van der Waals surface area contributed by atoms with Crippen LogP contribution in [-0.2, 0) is 15.9 Å². The highest BCUT2D eigenvalue weighted by Gasteiger charge is 2.51. The van der Waals surface area contributed by atoms with E-state index in [4.69, 9.17) is 9.47 Å². The van der Waals surface area contributed by atoms with Gasteiger partial charge in [0.1, 0.15) is 6.23 Å². The topological polar surface area (TPSA) is 79.2 Å². The zero-order valence-electron chi connectivity index (χ0n) is 12.5. The average Bonchev–Trinajstić information content (AvgIpc) is 2.79. The van der Waals surface area contributed by atoms with Crippen LogP contribution >= 0.6 is 0 Å². The van der Waals surface area contributed by atoms with Gasteiger partial charge in [0.05, 0.1) is 12.7 Å². The molecule has 4 atom stereocenters. The van der Waals surface area contributed by atoms with E-state index in [0.717, 1.165) is 10.5 Å². The molecule has 0 saturated carbocycles.